The summed E-state index contributed by atoms with van der Waals surface area (Å²) in [7, 11) is 0. The highest BCUT2D eigenvalue weighted by atomic mass is 16.5. The molecular weight excluding hydrogens is 224 g/mol. The molecule has 0 fully saturated rings. The first kappa shape index (κ1) is 12.5. The zero-order valence-electron chi connectivity index (χ0n) is 11.0. The molecule has 0 spiro atoms. The first-order valence-electron chi connectivity index (χ1n) is 6.15. The van der Waals surface area contributed by atoms with E-state index >= 15 is 0 Å². The Balaban J connectivity index is 2.44. The lowest BCUT2D eigenvalue weighted by atomic mass is 10.00. The summed E-state index contributed by atoms with van der Waals surface area (Å²) in [6.07, 6.45) is 0. The monoisotopic (exact) mass is 242 g/mol. The quantitative estimate of drug-likeness (QED) is 0.879. The molecule has 0 radical (unpaired) electrons. The summed E-state index contributed by atoms with van der Waals surface area (Å²) in [6, 6.07) is 11.5. The number of aryl methyl sites for hydroxylation is 2. The van der Waals surface area contributed by atoms with E-state index < -0.39 is 0 Å². The molecule has 2 aromatic carbocycles. The lowest BCUT2D eigenvalue weighted by molar-refractivity contribution is 0.335. The van der Waals surface area contributed by atoms with Gasteiger partial charge in [0.25, 0.3) is 0 Å². The van der Waals surface area contributed by atoms with Crippen LogP contribution in [0.3, 0.4) is 0 Å². The second kappa shape index (κ2) is 5.13. The van der Waals surface area contributed by atoms with Gasteiger partial charge in [0.1, 0.15) is 11.5 Å². The van der Waals surface area contributed by atoms with Crippen molar-refractivity contribution >= 4 is 0 Å². The molecule has 94 valence electrons. The fourth-order valence-corrected chi connectivity index (χ4v) is 2.14. The van der Waals surface area contributed by atoms with E-state index in [4.69, 9.17) is 4.74 Å². The fraction of sp³-hybridized carbons (Fsp3) is 0.250. The van der Waals surface area contributed by atoms with Crippen LogP contribution in [0, 0.1) is 13.8 Å². The van der Waals surface area contributed by atoms with Gasteiger partial charge in [0.15, 0.2) is 0 Å². The molecule has 0 saturated heterocycles. The summed E-state index contributed by atoms with van der Waals surface area (Å²) in [6.45, 7) is 6.79. The van der Waals surface area contributed by atoms with Crippen molar-refractivity contribution in [3.05, 3.63) is 47.5 Å². The van der Waals surface area contributed by atoms with Crippen LogP contribution >= 0.6 is 0 Å². The first-order valence-corrected chi connectivity index (χ1v) is 6.15. The van der Waals surface area contributed by atoms with Crippen LogP contribution in [0.1, 0.15) is 18.1 Å². The Labute approximate surface area is 108 Å². The number of phenolic OH excluding ortho intramolecular Hbond substituents is 1. The zero-order chi connectivity index (χ0) is 13.1. The zero-order valence-corrected chi connectivity index (χ0v) is 11.0. The Kier molecular flexibility index (Phi) is 3.56. The van der Waals surface area contributed by atoms with E-state index in [9.17, 15) is 5.11 Å². The van der Waals surface area contributed by atoms with Crippen LogP contribution in [0.2, 0.25) is 0 Å². The molecule has 0 amide bonds. The van der Waals surface area contributed by atoms with Crippen molar-refractivity contribution in [1.82, 2.24) is 0 Å². The maximum Gasteiger partial charge on any atom is 0.125 e. The molecule has 18 heavy (non-hydrogen) atoms. The van der Waals surface area contributed by atoms with E-state index in [1.54, 1.807) is 12.1 Å². The second-order valence-corrected chi connectivity index (χ2v) is 4.42. The van der Waals surface area contributed by atoms with E-state index in [1.165, 1.54) is 0 Å². The normalized spacial score (nSPS) is 10.4. The van der Waals surface area contributed by atoms with Crippen LogP contribution in [0.15, 0.2) is 36.4 Å². The van der Waals surface area contributed by atoms with Gasteiger partial charge in [-0.15, -0.1) is 0 Å². The van der Waals surface area contributed by atoms with Gasteiger partial charge in [0.2, 0.25) is 0 Å². The lowest BCUT2D eigenvalue weighted by Gasteiger charge is -2.13. The van der Waals surface area contributed by atoms with E-state index in [0.717, 1.165) is 28.0 Å². The Morgan fingerprint density at radius 1 is 0.944 bits per heavy atom. The fourth-order valence-electron chi connectivity index (χ4n) is 2.14. The van der Waals surface area contributed by atoms with Gasteiger partial charge >= 0.3 is 0 Å². The predicted molar refractivity (Wildman–Crippen MR) is 74.2 cm³/mol. The van der Waals surface area contributed by atoms with Gasteiger partial charge in [-0.25, -0.2) is 0 Å². The van der Waals surface area contributed by atoms with Crippen LogP contribution in [0.25, 0.3) is 11.1 Å². The molecule has 0 heterocycles. The van der Waals surface area contributed by atoms with Crippen molar-refractivity contribution < 1.29 is 9.84 Å². The van der Waals surface area contributed by atoms with Gasteiger partial charge in [-0.05, 0) is 67.3 Å². The molecule has 0 aliphatic rings. The van der Waals surface area contributed by atoms with Gasteiger partial charge in [0.05, 0.1) is 6.61 Å². The van der Waals surface area contributed by atoms with Crippen LogP contribution in [-0.4, -0.2) is 11.7 Å². The maximum atomic E-state index is 9.31. The molecule has 2 nitrogen and oxygen atoms in total. The highest BCUT2D eigenvalue weighted by Crippen LogP contribution is 2.30. The maximum absolute atomic E-state index is 9.31. The molecule has 0 aliphatic carbocycles. The van der Waals surface area contributed by atoms with Crippen molar-refractivity contribution in [2.45, 2.75) is 20.8 Å². The van der Waals surface area contributed by atoms with E-state index in [0.29, 0.717) is 6.61 Å². The standard InChI is InChI=1S/C16H18O2/c1-4-18-16-11(2)9-14(10-12(16)3)13-5-7-15(17)8-6-13/h5-10,17H,4H2,1-3H3. The third-order valence-electron chi connectivity index (χ3n) is 2.95. The van der Waals surface area contributed by atoms with Crippen LogP contribution in [-0.2, 0) is 0 Å². The SMILES string of the molecule is CCOc1c(C)cc(-c2ccc(O)cc2)cc1C. The molecule has 0 aliphatic heterocycles. The average Bonchev–Trinajstić information content (AvgIpc) is 2.34. The van der Waals surface area contributed by atoms with Crippen molar-refractivity contribution in [1.29, 1.82) is 0 Å². The van der Waals surface area contributed by atoms with Gasteiger partial charge in [-0.2, -0.15) is 0 Å². The Bertz CT molecular complexity index is 519. The van der Waals surface area contributed by atoms with Crippen molar-refractivity contribution in [3.8, 4) is 22.6 Å². The third-order valence-corrected chi connectivity index (χ3v) is 2.95. The van der Waals surface area contributed by atoms with Crippen LogP contribution in [0.4, 0.5) is 0 Å². The topological polar surface area (TPSA) is 29.5 Å². The summed E-state index contributed by atoms with van der Waals surface area (Å²) in [5.74, 6) is 1.26. The minimum absolute atomic E-state index is 0.290. The van der Waals surface area contributed by atoms with Crippen molar-refractivity contribution in [2.75, 3.05) is 6.61 Å². The number of benzene rings is 2. The van der Waals surface area contributed by atoms with Crippen molar-refractivity contribution in [2.24, 2.45) is 0 Å². The van der Waals surface area contributed by atoms with Crippen LogP contribution in [0.5, 0.6) is 11.5 Å². The molecule has 0 bridgehead atoms. The minimum atomic E-state index is 0.290. The largest absolute Gasteiger partial charge is 0.508 e. The van der Waals surface area contributed by atoms with E-state index in [2.05, 4.69) is 26.0 Å². The Morgan fingerprint density at radius 3 is 2.00 bits per heavy atom. The van der Waals surface area contributed by atoms with Crippen molar-refractivity contribution in [3.63, 3.8) is 0 Å². The highest BCUT2D eigenvalue weighted by molar-refractivity contribution is 5.67. The van der Waals surface area contributed by atoms with Gasteiger partial charge < -0.3 is 9.84 Å². The van der Waals surface area contributed by atoms with Gasteiger partial charge in [0, 0.05) is 0 Å². The summed E-state index contributed by atoms with van der Waals surface area (Å²) < 4.78 is 5.64. The molecule has 0 aromatic heterocycles. The average molecular weight is 242 g/mol. The molecule has 2 heteroatoms. The molecule has 0 saturated carbocycles. The van der Waals surface area contributed by atoms with Gasteiger partial charge in [-0.3, -0.25) is 0 Å². The third kappa shape index (κ3) is 2.48. The Morgan fingerprint density at radius 2 is 1.50 bits per heavy atom. The number of rotatable bonds is 3. The van der Waals surface area contributed by atoms with Gasteiger partial charge in [-0.1, -0.05) is 12.1 Å². The Hall–Kier alpha value is -1.96. The summed E-state index contributed by atoms with van der Waals surface area (Å²) in [5, 5.41) is 9.31. The van der Waals surface area contributed by atoms with E-state index in [-0.39, 0.29) is 5.75 Å². The second-order valence-electron chi connectivity index (χ2n) is 4.42. The summed E-state index contributed by atoms with van der Waals surface area (Å²) >= 11 is 0. The molecule has 2 aromatic rings. The molecule has 1 N–H and O–H groups in total. The first-order chi connectivity index (χ1) is 8.61. The smallest absolute Gasteiger partial charge is 0.125 e. The number of ether oxygens (including phenoxy) is 1. The highest BCUT2D eigenvalue weighted by Gasteiger charge is 2.07. The number of phenols is 1. The molecular formula is C16H18O2. The number of hydrogen-bond donors (Lipinski definition) is 1. The number of hydrogen-bond acceptors (Lipinski definition) is 2. The minimum Gasteiger partial charge on any atom is -0.508 e. The molecule has 0 atom stereocenters. The molecule has 0 unspecified atom stereocenters. The molecule has 2 rings (SSSR count). The predicted octanol–water partition coefficient (Wildman–Crippen LogP) is 4.07. The summed E-state index contributed by atoms with van der Waals surface area (Å²) in [5.41, 5.74) is 4.52. The lowest BCUT2D eigenvalue weighted by Crippen LogP contribution is -1.97. The van der Waals surface area contributed by atoms with Crippen LogP contribution < -0.4 is 4.74 Å². The number of aromatic hydroxyl groups is 1. The summed E-state index contributed by atoms with van der Waals surface area (Å²) in [4.78, 5) is 0. The van der Waals surface area contributed by atoms with E-state index in [1.807, 2.05) is 19.1 Å².